The minimum absolute atomic E-state index is 0.0374. The summed E-state index contributed by atoms with van der Waals surface area (Å²) in [5.41, 5.74) is 0.321. The zero-order valence-electron chi connectivity index (χ0n) is 18.1. The first-order valence-corrected chi connectivity index (χ1v) is 10.2. The van der Waals surface area contributed by atoms with Crippen LogP contribution in [0.5, 0.6) is 11.5 Å². The number of allylic oxidation sites excluding steroid dienone is 5. The fourth-order valence-electron chi connectivity index (χ4n) is 2.98. The normalized spacial score (nSPS) is 11.2. The number of anilines is 1. The highest BCUT2D eigenvalue weighted by molar-refractivity contribution is 6.04. The Labute approximate surface area is 191 Å². The molecule has 0 unspecified atom stereocenters. The van der Waals surface area contributed by atoms with Crippen molar-refractivity contribution in [3.63, 3.8) is 0 Å². The molecule has 0 bridgehead atoms. The van der Waals surface area contributed by atoms with Crippen LogP contribution in [0.15, 0.2) is 96.5 Å². The van der Waals surface area contributed by atoms with Crippen LogP contribution in [0.2, 0.25) is 0 Å². The van der Waals surface area contributed by atoms with Gasteiger partial charge < -0.3 is 14.8 Å². The molecule has 0 radical (unpaired) electrons. The number of carbonyl (C=O) groups is 2. The van der Waals surface area contributed by atoms with Crippen LogP contribution in [0, 0.1) is 0 Å². The number of nitrogens with one attached hydrogen (secondary N) is 1. The molecular weight excluding hydrogens is 418 g/mol. The molecule has 33 heavy (non-hydrogen) atoms. The number of rotatable bonds is 9. The van der Waals surface area contributed by atoms with Crippen molar-refractivity contribution in [1.82, 2.24) is 9.55 Å². The van der Waals surface area contributed by atoms with E-state index < -0.39 is 11.5 Å². The molecule has 0 aliphatic carbocycles. The van der Waals surface area contributed by atoms with Gasteiger partial charge in [-0.25, -0.2) is 4.98 Å². The van der Waals surface area contributed by atoms with Crippen molar-refractivity contribution in [3.05, 3.63) is 113 Å². The maximum Gasteiger partial charge on any atom is 0.277 e. The zero-order valence-corrected chi connectivity index (χ0v) is 18.1. The quantitative estimate of drug-likeness (QED) is 0.386. The first kappa shape index (κ1) is 23.1. The number of hydrogen-bond acceptors (Lipinski definition) is 5. The van der Waals surface area contributed by atoms with Crippen molar-refractivity contribution in [2.24, 2.45) is 0 Å². The highest BCUT2D eigenvalue weighted by atomic mass is 16.5. The Hall–Kier alpha value is -4.52. The summed E-state index contributed by atoms with van der Waals surface area (Å²) < 4.78 is 6.91. The van der Waals surface area contributed by atoms with Gasteiger partial charge in [0.25, 0.3) is 11.5 Å². The molecule has 0 fully saturated rings. The van der Waals surface area contributed by atoms with Gasteiger partial charge in [0.2, 0.25) is 0 Å². The lowest BCUT2D eigenvalue weighted by Crippen LogP contribution is -2.29. The van der Waals surface area contributed by atoms with Crippen LogP contribution in [0.25, 0.3) is 5.57 Å². The van der Waals surface area contributed by atoms with Crippen molar-refractivity contribution < 1.29 is 14.3 Å². The Morgan fingerprint density at radius 3 is 2.45 bits per heavy atom. The first-order chi connectivity index (χ1) is 16.1. The fraction of sp³-hybridized carbons (Fsp3) is 0.0769. The molecule has 0 saturated carbocycles. The standard InChI is InChI=1S/C26H23N3O4/c1-3-5-9-19(4-2)24-27-18-23(26(32)29(24)16-17-30)28-25(31)20-12-14-22(15-13-20)33-21-10-7-6-8-11-21/h3-15,17-18H,2,16H2,1H3,(H,28,31)/b5-3-,19-9+. The maximum absolute atomic E-state index is 12.9. The molecule has 0 aliphatic heterocycles. The van der Waals surface area contributed by atoms with E-state index in [1.165, 1.54) is 10.8 Å². The molecule has 0 saturated heterocycles. The SMILES string of the molecule is C=C/C(=C\C=C/C)c1ncc(NC(=O)c2ccc(Oc3ccccc3)cc2)c(=O)n1CC=O. The summed E-state index contributed by atoms with van der Waals surface area (Å²) in [4.78, 5) is 41.1. The molecule has 3 aromatic rings. The van der Waals surface area contributed by atoms with Crippen LogP contribution >= 0.6 is 0 Å². The van der Waals surface area contributed by atoms with Crippen LogP contribution < -0.4 is 15.6 Å². The van der Waals surface area contributed by atoms with Gasteiger partial charge in [-0.15, -0.1) is 0 Å². The first-order valence-electron chi connectivity index (χ1n) is 10.2. The second-order valence-corrected chi connectivity index (χ2v) is 6.82. The van der Waals surface area contributed by atoms with E-state index in [1.807, 2.05) is 43.3 Å². The zero-order chi connectivity index (χ0) is 23.6. The third-order valence-electron chi connectivity index (χ3n) is 4.59. The van der Waals surface area contributed by atoms with E-state index in [4.69, 9.17) is 4.74 Å². The van der Waals surface area contributed by atoms with Gasteiger partial charge in [0.15, 0.2) is 0 Å². The summed E-state index contributed by atoms with van der Waals surface area (Å²) in [6, 6.07) is 15.8. The van der Waals surface area contributed by atoms with Crippen molar-refractivity contribution in [2.45, 2.75) is 13.5 Å². The van der Waals surface area contributed by atoms with E-state index in [9.17, 15) is 14.4 Å². The highest BCUT2D eigenvalue weighted by Crippen LogP contribution is 2.21. The number of amides is 1. The number of ether oxygens (including phenoxy) is 1. The smallest absolute Gasteiger partial charge is 0.277 e. The largest absolute Gasteiger partial charge is 0.457 e. The van der Waals surface area contributed by atoms with Crippen LogP contribution in [0.3, 0.4) is 0 Å². The number of para-hydroxylation sites is 1. The van der Waals surface area contributed by atoms with E-state index in [0.717, 1.165) is 0 Å². The van der Waals surface area contributed by atoms with E-state index >= 15 is 0 Å². The Kier molecular flexibility index (Phi) is 7.86. The summed E-state index contributed by atoms with van der Waals surface area (Å²) in [6.07, 6.45) is 8.73. The summed E-state index contributed by atoms with van der Waals surface area (Å²) in [6.45, 7) is 5.38. The molecule has 0 spiro atoms. The van der Waals surface area contributed by atoms with Crippen LogP contribution in [0.1, 0.15) is 23.1 Å². The van der Waals surface area contributed by atoms with Crippen molar-refractivity contribution >= 4 is 23.5 Å². The Balaban J connectivity index is 1.83. The molecule has 1 heterocycles. The average molecular weight is 441 g/mol. The Bertz CT molecular complexity index is 1260. The number of benzene rings is 2. The third kappa shape index (κ3) is 5.80. The molecule has 1 N–H and O–H groups in total. The highest BCUT2D eigenvalue weighted by Gasteiger charge is 2.15. The average Bonchev–Trinajstić information content (AvgIpc) is 2.84. The molecule has 166 valence electrons. The number of aldehydes is 1. The minimum Gasteiger partial charge on any atom is -0.457 e. The van der Waals surface area contributed by atoms with Gasteiger partial charge in [-0.3, -0.25) is 14.2 Å². The third-order valence-corrected chi connectivity index (χ3v) is 4.59. The second-order valence-electron chi connectivity index (χ2n) is 6.82. The van der Waals surface area contributed by atoms with Gasteiger partial charge in [-0.05, 0) is 43.3 Å². The second kappa shape index (κ2) is 11.2. The van der Waals surface area contributed by atoms with Gasteiger partial charge in [-0.2, -0.15) is 0 Å². The lowest BCUT2D eigenvalue weighted by molar-refractivity contribution is -0.108. The van der Waals surface area contributed by atoms with Gasteiger partial charge in [-0.1, -0.05) is 49.1 Å². The van der Waals surface area contributed by atoms with Crippen molar-refractivity contribution in [1.29, 1.82) is 0 Å². The predicted molar refractivity (Wildman–Crippen MR) is 128 cm³/mol. The van der Waals surface area contributed by atoms with Gasteiger partial charge in [0, 0.05) is 11.1 Å². The minimum atomic E-state index is -0.544. The van der Waals surface area contributed by atoms with Crippen LogP contribution in [-0.4, -0.2) is 21.7 Å². The molecular formula is C26H23N3O4. The lowest BCUT2D eigenvalue weighted by atomic mass is 10.2. The number of aromatic nitrogens is 2. The van der Waals surface area contributed by atoms with Gasteiger partial charge >= 0.3 is 0 Å². The monoisotopic (exact) mass is 441 g/mol. The summed E-state index contributed by atoms with van der Waals surface area (Å²) >= 11 is 0. The topological polar surface area (TPSA) is 90.3 Å². The lowest BCUT2D eigenvalue weighted by Gasteiger charge is -2.13. The number of carbonyl (C=O) groups excluding carboxylic acids is 2. The molecule has 3 rings (SSSR count). The number of nitrogens with zero attached hydrogens (tertiary/aromatic N) is 2. The van der Waals surface area contributed by atoms with Crippen LogP contribution in [-0.2, 0) is 11.3 Å². The molecule has 7 heteroatoms. The molecule has 2 aromatic carbocycles. The van der Waals surface area contributed by atoms with E-state index in [1.54, 1.807) is 42.5 Å². The van der Waals surface area contributed by atoms with Crippen molar-refractivity contribution in [3.8, 4) is 11.5 Å². The van der Waals surface area contributed by atoms with E-state index in [-0.39, 0.29) is 18.1 Å². The van der Waals surface area contributed by atoms with Gasteiger partial charge in [0.1, 0.15) is 29.3 Å². The van der Waals surface area contributed by atoms with E-state index in [2.05, 4.69) is 16.9 Å². The molecule has 7 nitrogen and oxygen atoms in total. The summed E-state index contributed by atoms with van der Waals surface area (Å²) in [5, 5.41) is 2.57. The number of hydrogen-bond donors (Lipinski definition) is 1. The Morgan fingerprint density at radius 1 is 1.12 bits per heavy atom. The molecule has 0 aliphatic rings. The molecule has 1 amide bonds. The maximum atomic E-state index is 12.9. The van der Waals surface area contributed by atoms with Gasteiger partial charge in [0.05, 0.1) is 12.7 Å². The summed E-state index contributed by atoms with van der Waals surface area (Å²) in [7, 11) is 0. The van der Waals surface area contributed by atoms with Crippen molar-refractivity contribution in [2.75, 3.05) is 5.32 Å². The fourth-order valence-corrected chi connectivity index (χ4v) is 2.98. The molecule has 0 atom stereocenters. The summed E-state index contributed by atoms with van der Waals surface area (Å²) in [5.74, 6) is 1.04. The predicted octanol–water partition coefficient (Wildman–Crippen LogP) is 4.63. The Morgan fingerprint density at radius 2 is 1.82 bits per heavy atom. The molecule has 1 aromatic heterocycles. The van der Waals surface area contributed by atoms with Crippen LogP contribution in [0.4, 0.5) is 5.69 Å². The van der Waals surface area contributed by atoms with E-state index in [0.29, 0.717) is 28.9 Å².